The van der Waals surface area contributed by atoms with E-state index in [-0.39, 0.29) is 5.04 Å². The molecule has 1 aromatic carbocycles. The summed E-state index contributed by atoms with van der Waals surface area (Å²) < 4.78 is 1.45. The lowest BCUT2D eigenvalue weighted by Crippen LogP contribution is -2.58. The average Bonchev–Trinajstić information content (AvgIpc) is 2.69. The number of nitrogens with zero attached hydrogens (tertiary/aromatic N) is 2. The van der Waals surface area contributed by atoms with Gasteiger partial charge in [-0.15, -0.1) is 0 Å². The smallest absolute Gasteiger partial charge is 0.405 e. The molecule has 1 amide bonds. The normalized spacial score (nSPS) is 12.7. The van der Waals surface area contributed by atoms with Crippen molar-refractivity contribution >= 4 is 31.3 Å². The van der Waals surface area contributed by atoms with E-state index in [0.29, 0.717) is 5.95 Å². The molecule has 0 aliphatic carbocycles. The molecule has 0 aliphatic rings. The van der Waals surface area contributed by atoms with Gasteiger partial charge in [-0.1, -0.05) is 46.0 Å². The quantitative estimate of drug-likeness (QED) is 0.820. The SMILES string of the molecule is CC(C)(C)[Si](C)(C)N(C(=O)O)c1nc2ccccc2[nH]1. The molecule has 0 atom stereocenters. The zero-order valence-electron chi connectivity index (χ0n) is 12.6. The number of nitrogens with one attached hydrogen (secondary N) is 1. The standard InChI is InChI=1S/C14H21N3O2Si/c1-14(2,3)20(4,5)17(13(18)19)12-15-10-8-6-7-9-11(10)16-12/h6-9H,1-5H3,(H,15,16)(H,18,19). The second-order valence-corrected chi connectivity index (χ2v) is 11.6. The summed E-state index contributed by atoms with van der Waals surface area (Å²) in [7, 11) is -2.26. The van der Waals surface area contributed by atoms with Crippen LogP contribution in [0.15, 0.2) is 24.3 Å². The van der Waals surface area contributed by atoms with Crippen LogP contribution in [0.5, 0.6) is 0 Å². The van der Waals surface area contributed by atoms with Crippen molar-refractivity contribution in [3.8, 4) is 0 Å². The molecule has 6 heteroatoms. The molecular formula is C14H21N3O2Si. The Balaban J connectivity index is 2.57. The Kier molecular flexibility index (Phi) is 3.37. The van der Waals surface area contributed by atoms with E-state index >= 15 is 0 Å². The van der Waals surface area contributed by atoms with Gasteiger partial charge in [0.25, 0.3) is 0 Å². The van der Waals surface area contributed by atoms with Crippen molar-refractivity contribution in [3.63, 3.8) is 0 Å². The average molecular weight is 291 g/mol. The zero-order chi connectivity index (χ0) is 15.1. The Morgan fingerprint density at radius 2 is 1.90 bits per heavy atom. The number of anilines is 1. The highest BCUT2D eigenvalue weighted by Gasteiger charge is 2.46. The fourth-order valence-electron chi connectivity index (χ4n) is 1.98. The molecule has 20 heavy (non-hydrogen) atoms. The Morgan fingerprint density at radius 3 is 2.40 bits per heavy atom. The molecule has 0 fully saturated rings. The van der Waals surface area contributed by atoms with E-state index in [9.17, 15) is 9.90 Å². The molecular weight excluding hydrogens is 270 g/mol. The van der Waals surface area contributed by atoms with Gasteiger partial charge in [0.1, 0.15) is 0 Å². The van der Waals surface area contributed by atoms with Crippen LogP contribution in [-0.2, 0) is 0 Å². The van der Waals surface area contributed by atoms with Crippen LogP contribution >= 0.6 is 0 Å². The highest BCUT2D eigenvalue weighted by molar-refractivity contribution is 6.86. The maximum atomic E-state index is 11.8. The molecule has 2 aromatic rings. The molecule has 0 bridgehead atoms. The Bertz CT molecular complexity index is 610. The first kappa shape index (κ1) is 14.6. The van der Waals surface area contributed by atoms with Gasteiger partial charge in [-0.3, -0.25) is 4.57 Å². The van der Waals surface area contributed by atoms with E-state index in [2.05, 4.69) is 30.7 Å². The Labute approximate surface area is 119 Å². The number of imidazole rings is 1. The molecule has 1 heterocycles. The van der Waals surface area contributed by atoms with Crippen molar-refractivity contribution in [3.05, 3.63) is 24.3 Å². The van der Waals surface area contributed by atoms with E-state index < -0.39 is 14.3 Å². The maximum absolute atomic E-state index is 11.8. The molecule has 0 saturated carbocycles. The van der Waals surface area contributed by atoms with Gasteiger partial charge in [-0.05, 0) is 17.2 Å². The van der Waals surface area contributed by atoms with Crippen LogP contribution in [0.25, 0.3) is 11.0 Å². The third kappa shape index (κ3) is 2.31. The monoisotopic (exact) mass is 291 g/mol. The second kappa shape index (κ2) is 4.62. The number of hydrogen-bond donors (Lipinski definition) is 2. The summed E-state index contributed by atoms with van der Waals surface area (Å²) in [6, 6.07) is 7.57. The van der Waals surface area contributed by atoms with Crippen molar-refractivity contribution in [1.82, 2.24) is 9.97 Å². The van der Waals surface area contributed by atoms with E-state index in [1.807, 2.05) is 37.4 Å². The van der Waals surface area contributed by atoms with Gasteiger partial charge >= 0.3 is 6.09 Å². The van der Waals surface area contributed by atoms with Gasteiger partial charge in [0.15, 0.2) is 8.24 Å². The van der Waals surface area contributed by atoms with Gasteiger partial charge in [-0.2, -0.15) is 0 Å². The lowest BCUT2D eigenvalue weighted by Gasteiger charge is -2.42. The number of carboxylic acid groups (broad SMARTS) is 1. The molecule has 108 valence electrons. The number of rotatable bonds is 2. The van der Waals surface area contributed by atoms with Crippen LogP contribution in [0.1, 0.15) is 20.8 Å². The van der Waals surface area contributed by atoms with Gasteiger partial charge in [0.05, 0.1) is 11.0 Å². The third-order valence-corrected chi connectivity index (χ3v) is 9.37. The number of aromatic amines is 1. The van der Waals surface area contributed by atoms with Crippen LogP contribution in [-0.4, -0.2) is 29.4 Å². The Morgan fingerprint density at radius 1 is 1.30 bits per heavy atom. The first-order valence-electron chi connectivity index (χ1n) is 6.62. The summed E-state index contributed by atoms with van der Waals surface area (Å²) in [6.07, 6.45) is -0.948. The molecule has 5 nitrogen and oxygen atoms in total. The number of benzene rings is 1. The van der Waals surface area contributed by atoms with Gasteiger partial charge in [0.2, 0.25) is 5.95 Å². The minimum absolute atomic E-state index is 0.0929. The van der Waals surface area contributed by atoms with Gasteiger partial charge in [-0.25, -0.2) is 9.78 Å². The number of hydrogen-bond acceptors (Lipinski definition) is 2. The largest absolute Gasteiger partial charge is 0.465 e. The zero-order valence-corrected chi connectivity index (χ0v) is 13.6. The van der Waals surface area contributed by atoms with E-state index in [4.69, 9.17) is 0 Å². The summed E-state index contributed by atoms with van der Waals surface area (Å²) in [6.45, 7) is 10.3. The van der Waals surface area contributed by atoms with E-state index in [1.165, 1.54) is 4.57 Å². The molecule has 0 unspecified atom stereocenters. The topological polar surface area (TPSA) is 69.2 Å². The Hall–Kier alpha value is -1.82. The number of carbonyl (C=O) groups is 1. The number of amides is 1. The number of fused-ring (bicyclic) bond motifs is 1. The molecule has 0 spiro atoms. The van der Waals surface area contributed by atoms with Crippen LogP contribution in [0, 0.1) is 0 Å². The highest BCUT2D eigenvalue weighted by Crippen LogP contribution is 2.40. The summed E-state index contributed by atoms with van der Waals surface area (Å²) in [5, 5.41) is 9.56. The predicted molar refractivity (Wildman–Crippen MR) is 83.8 cm³/mol. The lowest BCUT2D eigenvalue weighted by atomic mass is 10.2. The first-order valence-corrected chi connectivity index (χ1v) is 9.57. The first-order chi connectivity index (χ1) is 9.14. The maximum Gasteiger partial charge on any atom is 0.405 e. The highest BCUT2D eigenvalue weighted by atomic mass is 28.3. The van der Waals surface area contributed by atoms with E-state index in [0.717, 1.165) is 11.0 Å². The van der Waals surface area contributed by atoms with E-state index in [1.54, 1.807) is 0 Å². The molecule has 0 saturated heterocycles. The number of aromatic nitrogens is 2. The molecule has 1 aromatic heterocycles. The van der Waals surface area contributed by atoms with Crippen molar-refractivity contribution < 1.29 is 9.90 Å². The summed E-state index contributed by atoms with van der Waals surface area (Å²) in [5.74, 6) is 0.422. The fraction of sp³-hybridized carbons (Fsp3) is 0.429. The van der Waals surface area contributed by atoms with Crippen molar-refractivity contribution in [2.45, 2.75) is 38.9 Å². The van der Waals surface area contributed by atoms with Crippen molar-refractivity contribution in [2.24, 2.45) is 0 Å². The van der Waals surface area contributed by atoms with Crippen LogP contribution < -0.4 is 4.57 Å². The van der Waals surface area contributed by atoms with Crippen LogP contribution in [0.3, 0.4) is 0 Å². The van der Waals surface area contributed by atoms with Crippen LogP contribution in [0.4, 0.5) is 10.7 Å². The van der Waals surface area contributed by atoms with Gasteiger partial charge < -0.3 is 10.1 Å². The summed E-state index contributed by atoms with van der Waals surface area (Å²) >= 11 is 0. The summed E-state index contributed by atoms with van der Waals surface area (Å²) in [5.41, 5.74) is 1.64. The van der Waals surface area contributed by atoms with Gasteiger partial charge in [0, 0.05) is 0 Å². The van der Waals surface area contributed by atoms with Crippen molar-refractivity contribution in [2.75, 3.05) is 4.57 Å². The number of para-hydroxylation sites is 2. The van der Waals surface area contributed by atoms with Crippen molar-refractivity contribution in [1.29, 1.82) is 0 Å². The molecule has 2 rings (SSSR count). The third-order valence-electron chi connectivity index (χ3n) is 4.17. The number of H-pyrrole nitrogens is 1. The predicted octanol–water partition coefficient (Wildman–Crippen LogP) is 4.05. The molecule has 2 N–H and O–H groups in total. The molecule has 0 radical (unpaired) electrons. The van der Waals surface area contributed by atoms with Crippen LogP contribution in [0.2, 0.25) is 18.1 Å². The lowest BCUT2D eigenvalue weighted by molar-refractivity contribution is 0.205. The fourth-order valence-corrected chi connectivity index (χ4v) is 3.76. The minimum Gasteiger partial charge on any atom is -0.465 e. The molecule has 0 aliphatic heterocycles. The second-order valence-electron chi connectivity index (χ2n) is 6.50. The summed E-state index contributed by atoms with van der Waals surface area (Å²) in [4.78, 5) is 19.3. The minimum atomic E-state index is -2.26.